The van der Waals surface area contributed by atoms with E-state index in [9.17, 15) is 0 Å². The molecule has 0 atom stereocenters. The van der Waals surface area contributed by atoms with Gasteiger partial charge in [0, 0.05) is 22.6 Å². The highest BCUT2D eigenvalue weighted by Gasteiger charge is 2.22. The van der Waals surface area contributed by atoms with Crippen LogP contribution in [0.4, 0.5) is 0 Å². The smallest absolute Gasteiger partial charge is 0.123 e. The van der Waals surface area contributed by atoms with Crippen molar-refractivity contribution >= 4 is 15.9 Å². The van der Waals surface area contributed by atoms with Crippen molar-refractivity contribution in [3.8, 4) is 5.75 Å². The predicted molar refractivity (Wildman–Crippen MR) is 83.6 cm³/mol. The Morgan fingerprint density at radius 3 is 2.58 bits per heavy atom. The fourth-order valence-electron chi connectivity index (χ4n) is 2.95. The van der Waals surface area contributed by atoms with E-state index in [0.29, 0.717) is 0 Å². The molecule has 1 aliphatic carbocycles. The number of nitrogens with zero attached hydrogens (tertiary/aromatic N) is 1. The minimum absolute atomic E-state index is 0.722. The number of halogens is 1. The van der Waals surface area contributed by atoms with E-state index in [0.717, 1.165) is 28.7 Å². The van der Waals surface area contributed by atoms with Crippen LogP contribution >= 0.6 is 15.9 Å². The predicted octanol–water partition coefficient (Wildman–Crippen LogP) is 4.47. The topological polar surface area (TPSA) is 12.5 Å². The number of rotatable bonds is 4. The van der Waals surface area contributed by atoms with Crippen molar-refractivity contribution in [1.82, 2.24) is 4.90 Å². The second-order valence-corrected chi connectivity index (χ2v) is 6.70. The van der Waals surface area contributed by atoms with Crippen LogP contribution in [0.2, 0.25) is 0 Å². The van der Waals surface area contributed by atoms with Crippen LogP contribution in [0.1, 0.15) is 38.2 Å². The van der Waals surface area contributed by atoms with Gasteiger partial charge in [0.15, 0.2) is 0 Å². The van der Waals surface area contributed by atoms with Gasteiger partial charge in [0.25, 0.3) is 0 Å². The normalized spacial score (nSPS) is 23.6. The van der Waals surface area contributed by atoms with Crippen molar-refractivity contribution in [2.45, 2.75) is 45.2 Å². The molecule has 1 aromatic carbocycles. The molecule has 0 aliphatic heterocycles. The molecule has 106 valence electrons. The molecular weight excluding hydrogens is 302 g/mol. The van der Waals surface area contributed by atoms with Gasteiger partial charge in [-0.25, -0.2) is 0 Å². The summed E-state index contributed by atoms with van der Waals surface area (Å²) < 4.78 is 6.58. The molecule has 19 heavy (non-hydrogen) atoms. The summed E-state index contributed by atoms with van der Waals surface area (Å²) in [7, 11) is 3.98. The van der Waals surface area contributed by atoms with Crippen molar-refractivity contribution in [2.75, 3.05) is 14.2 Å². The van der Waals surface area contributed by atoms with Gasteiger partial charge in [-0.3, -0.25) is 4.90 Å². The summed E-state index contributed by atoms with van der Waals surface area (Å²) in [6, 6.07) is 6.96. The zero-order valence-electron chi connectivity index (χ0n) is 12.2. The molecule has 0 spiro atoms. The van der Waals surface area contributed by atoms with Crippen LogP contribution in [-0.4, -0.2) is 25.1 Å². The molecule has 1 saturated carbocycles. The lowest BCUT2D eigenvalue weighted by Crippen LogP contribution is -2.34. The number of methoxy groups -OCH3 is 1. The first kappa shape index (κ1) is 14.9. The second-order valence-electron chi connectivity index (χ2n) is 5.78. The third kappa shape index (κ3) is 3.96. The number of ether oxygens (including phenoxy) is 1. The van der Waals surface area contributed by atoms with Gasteiger partial charge in [0.1, 0.15) is 5.75 Å². The van der Waals surface area contributed by atoms with E-state index in [-0.39, 0.29) is 0 Å². The summed E-state index contributed by atoms with van der Waals surface area (Å²) >= 11 is 3.55. The first-order valence-corrected chi connectivity index (χ1v) is 7.92. The molecule has 0 heterocycles. The summed E-state index contributed by atoms with van der Waals surface area (Å²) in [6.07, 6.45) is 5.39. The summed E-state index contributed by atoms with van der Waals surface area (Å²) in [4.78, 5) is 2.48. The average molecular weight is 326 g/mol. The molecule has 3 heteroatoms. The van der Waals surface area contributed by atoms with E-state index in [1.807, 2.05) is 12.1 Å². The second kappa shape index (κ2) is 6.76. The van der Waals surface area contributed by atoms with Gasteiger partial charge < -0.3 is 4.74 Å². The van der Waals surface area contributed by atoms with Crippen LogP contribution in [0.15, 0.2) is 22.7 Å². The van der Waals surface area contributed by atoms with Crippen molar-refractivity contribution in [2.24, 2.45) is 5.92 Å². The van der Waals surface area contributed by atoms with E-state index in [1.165, 1.54) is 31.2 Å². The van der Waals surface area contributed by atoms with Gasteiger partial charge in [0.05, 0.1) is 7.11 Å². The SMILES string of the molecule is COc1ccc(Br)cc1CN(C)C1CCC(C)CC1. The molecule has 0 saturated heterocycles. The van der Waals surface area contributed by atoms with Gasteiger partial charge in [-0.2, -0.15) is 0 Å². The Hall–Kier alpha value is -0.540. The minimum Gasteiger partial charge on any atom is -0.496 e. The molecule has 0 bridgehead atoms. The van der Waals surface area contributed by atoms with E-state index in [4.69, 9.17) is 4.74 Å². The summed E-state index contributed by atoms with van der Waals surface area (Å²) in [5.74, 6) is 1.89. The highest BCUT2D eigenvalue weighted by Crippen LogP contribution is 2.29. The van der Waals surface area contributed by atoms with Gasteiger partial charge in [-0.05, 0) is 56.8 Å². The van der Waals surface area contributed by atoms with Crippen LogP contribution in [0.5, 0.6) is 5.75 Å². The van der Waals surface area contributed by atoms with E-state index in [2.05, 4.69) is 40.9 Å². The Bertz CT molecular complexity index is 413. The third-order valence-corrected chi connectivity index (χ3v) is 4.76. The molecule has 1 fully saturated rings. The quantitative estimate of drug-likeness (QED) is 0.809. The maximum atomic E-state index is 5.46. The van der Waals surface area contributed by atoms with Crippen LogP contribution in [0.25, 0.3) is 0 Å². The van der Waals surface area contributed by atoms with E-state index < -0.39 is 0 Å². The third-order valence-electron chi connectivity index (χ3n) is 4.27. The Kier molecular flexibility index (Phi) is 5.28. The van der Waals surface area contributed by atoms with Crippen LogP contribution < -0.4 is 4.74 Å². The molecule has 0 N–H and O–H groups in total. The Morgan fingerprint density at radius 2 is 1.95 bits per heavy atom. The molecule has 0 aromatic heterocycles. The zero-order chi connectivity index (χ0) is 13.8. The maximum Gasteiger partial charge on any atom is 0.123 e. The molecule has 1 aromatic rings. The molecule has 1 aliphatic rings. The van der Waals surface area contributed by atoms with Gasteiger partial charge in [0.2, 0.25) is 0 Å². The summed E-state index contributed by atoms with van der Waals surface area (Å²) in [5, 5.41) is 0. The number of hydrogen-bond donors (Lipinski definition) is 0. The molecule has 0 unspecified atom stereocenters. The average Bonchev–Trinajstić information content (AvgIpc) is 2.39. The molecule has 2 rings (SSSR count). The van der Waals surface area contributed by atoms with Crippen molar-refractivity contribution in [3.63, 3.8) is 0 Å². The monoisotopic (exact) mass is 325 g/mol. The van der Waals surface area contributed by atoms with E-state index >= 15 is 0 Å². The largest absolute Gasteiger partial charge is 0.496 e. The van der Waals surface area contributed by atoms with Crippen molar-refractivity contribution in [1.29, 1.82) is 0 Å². The van der Waals surface area contributed by atoms with E-state index in [1.54, 1.807) is 7.11 Å². The maximum absolute atomic E-state index is 5.46. The first-order chi connectivity index (χ1) is 9.10. The van der Waals surface area contributed by atoms with Crippen molar-refractivity contribution < 1.29 is 4.74 Å². The highest BCUT2D eigenvalue weighted by atomic mass is 79.9. The molecule has 0 radical (unpaired) electrons. The van der Waals surface area contributed by atoms with Gasteiger partial charge in [-0.15, -0.1) is 0 Å². The lowest BCUT2D eigenvalue weighted by molar-refractivity contribution is 0.162. The molecule has 0 amide bonds. The molecule has 2 nitrogen and oxygen atoms in total. The Balaban J connectivity index is 2.02. The van der Waals surface area contributed by atoms with Gasteiger partial charge >= 0.3 is 0 Å². The zero-order valence-corrected chi connectivity index (χ0v) is 13.7. The standard InChI is InChI=1S/C16H24BrNO/c1-12-4-7-15(8-5-12)18(2)11-13-10-14(17)6-9-16(13)19-3/h6,9-10,12,15H,4-5,7-8,11H2,1-3H3. The fourth-order valence-corrected chi connectivity index (χ4v) is 3.36. The first-order valence-electron chi connectivity index (χ1n) is 7.12. The van der Waals surface area contributed by atoms with Crippen LogP contribution in [0.3, 0.4) is 0 Å². The molecular formula is C16H24BrNO. The Labute approximate surface area is 125 Å². The lowest BCUT2D eigenvalue weighted by atomic mass is 9.86. The lowest BCUT2D eigenvalue weighted by Gasteiger charge is -2.33. The number of benzene rings is 1. The summed E-state index contributed by atoms with van der Waals surface area (Å²) in [6.45, 7) is 3.33. The van der Waals surface area contributed by atoms with Gasteiger partial charge in [-0.1, -0.05) is 22.9 Å². The van der Waals surface area contributed by atoms with Crippen molar-refractivity contribution in [3.05, 3.63) is 28.2 Å². The van der Waals surface area contributed by atoms with Crippen LogP contribution in [0, 0.1) is 5.92 Å². The summed E-state index contributed by atoms with van der Waals surface area (Å²) in [5.41, 5.74) is 1.26. The highest BCUT2D eigenvalue weighted by molar-refractivity contribution is 9.10. The van der Waals surface area contributed by atoms with Crippen LogP contribution in [-0.2, 0) is 6.54 Å². The number of hydrogen-bond acceptors (Lipinski definition) is 2. The Morgan fingerprint density at radius 1 is 1.26 bits per heavy atom. The fraction of sp³-hybridized carbons (Fsp3) is 0.625. The minimum atomic E-state index is 0.722.